The van der Waals surface area contributed by atoms with Gasteiger partial charge in [0.1, 0.15) is 11.5 Å². The number of furan rings is 1. The van der Waals surface area contributed by atoms with Gasteiger partial charge in [0.2, 0.25) is 0 Å². The van der Waals surface area contributed by atoms with E-state index < -0.39 is 10.8 Å². The van der Waals surface area contributed by atoms with Crippen molar-refractivity contribution in [3.05, 3.63) is 93.4 Å². The Balaban J connectivity index is 1.48. The number of hydrogen-bond acceptors (Lipinski definition) is 7. The van der Waals surface area contributed by atoms with Crippen molar-refractivity contribution in [2.24, 2.45) is 5.10 Å². The van der Waals surface area contributed by atoms with Crippen LogP contribution < -0.4 is 15.5 Å². The molecule has 0 unspecified atom stereocenters. The molecule has 0 atom stereocenters. The molecule has 0 spiro atoms. The molecule has 0 aliphatic heterocycles. The van der Waals surface area contributed by atoms with Crippen molar-refractivity contribution in [2.45, 2.75) is 13.5 Å². The SMILES string of the molecule is Cc1c(C(=O)N/N=C\c2ccc(OCC(=O)NCc3ccco3)cc2)cccc1[N+](=O)[O-]. The molecule has 2 aromatic carbocycles. The molecular formula is C22H20N4O6. The number of hydrazone groups is 1. The summed E-state index contributed by atoms with van der Waals surface area (Å²) in [6.07, 6.45) is 2.95. The summed E-state index contributed by atoms with van der Waals surface area (Å²) in [6.45, 7) is 1.64. The van der Waals surface area contributed by atoms with Crippen LogP contribution in [-0.4, -0.2) is 29.6 Å². The fourth-order valence-electron chi connectivity index (χ4n) is 2.74. The van der Waals surface area contributed by atoms with Gasteiger partial charge in [0.25, 0.3) is 17.5 Å². The lowest BCUT2D eigenvalue weighted by Crippen LogP contribution is -2.28. The van der Waals surface area contributed by atoms with Crippen molar-refractivity contribution < 1.29 is 23.7 Å². The summed E-state index contributed by atoms with van der Waals surface area (Å²) in [5.74, 6) is 0.301. The summed E-state index contributed by atoms with van der Waals surface area (Å²) in [7, 11) is 0. The smallest absolute Gasteiger partial charge is 0.273 e. The third-order valence-corrected chi connectivity index (χ3v) is 4.42. The predicted molar refractivity (Wildman–Crippen MR) is 115 cm³/mol. The fraction of sp³-hybridized carbons (Fsp3) is 0.136. The van der Waals surface area contributed by atoms with E-state index in [0.717, 1.165) is 0 Å². The largest absolute Gasteiger partial charge is 0.484 e. The monoisotopic (exact) mass is 436 g/mol. The Bertz CT molecular complexity index is 1120. The second kappa shape index (κ2) is 10.5. The van der Waals surface area contributed by atoms with Crippen LogP contribution in [0.4, 0.5) is 5.69 Å². The van der Waals surface area contributed by atoms with Crippen LogP contribution in [0.15, 0.2) is 70.4 Å². The van der Waals surface area contributed by atoms with Gasteiger partial charge < -0.3 is 14.5 Å². The highest BCUT2D eigenvalue weighted by Crippen LogP contribution is 2.20. The Kier molecular flexibility index (Phi) is 7.31. The maximum absolute atomic E-state index is 12.3. The first-order valence-corrected chi connectivity index (χ1v) is 9.53. The molecule has 0 saturated carbocycles. The summed E-state index contributed by atoms with van der Waals surface area (Å²) in [6, 6.07) is 14.5. The van der Waals surface area contributed by atoms with Gasteiger partial charge in [-0.05, 0) is 55.0 Å². The predicted octanol–water partition coefficient (Wildman–Crippen LogP) is 2.96. The molecule has 0 aliphatic rings. The fourth-order valence-corrected chi connectivity index (χ4v) is 2.74. The molecule has 1 aromatic heterocycles. The minimum Gasteiger partial charge on any atom is -0.484 e. The number of nitro benzene ring substituents is 1. The quantitative estimate of drug-likeness (QED) is 0.301. The molecule has 0 radical (unpaired) electrons. The summed E-state index contributed by atoms with van der Waals surface area (Å²) in [4.78, 5) is 34.5. The lowest BCUT2D eigenvalue weighted by atomic mass is 10.1. The summed E-state index contributed by atoms with van der Waals surface area (Å²) >= 11 is 0. The molecule has 3 aromatic rings. The number of rotatable bonds is 9. The highest BCUT2D eigenvalue weighted by molar-refractivity contribution is 5.97. The molecule has 0 fully saturated rings. The van der Waals surface area contributed by atoms with Gasteiger partial charge in [-0.15, -0.1) is 0 Å². The zero-order valence-electron chi connectivity index (χ0n) is 17.1. The number of nitro groups is 1. The Labute approximate surface area is 183 Å². The Hall–Kier alpha value is -4.47. The third kappa shape index (κ3) is 6.02. The Morgan fingerprint density at radius 2 is 1.94 bits per heavy atom. The van der Waals surface area contributed by atoms with Gasteiger partial charge in [0, 0.05) is 11.6 Å². The number of nitrogens with one attached hydrogen (secondary N) is 2. The average Bonchev–Trinajstić information content (AvgIpc) is 3.30. The number of carbonyl (C=O) groups excluding carboxylic acids is 2. The van der Waals surface area contributed by atoms with Crippen molar-refractivity contribution in [1.29, 1.82) is 0 Å². The number of hydrogen-bond donors (Lipinski definition) is 2. The summed E-state index contributed by atoms with van der Waals surface area (Å²) in [5.41, 5.74) is 3.33. The van der Waals surface area contributed by atoms with Crippen LogP contribution in [0.2, 0.25) is 0 Å². The second-order valence-corrected chi connectivity index (χ2v) is 6.62. The van der Waals surface area contributed by atoms with E-state index in [2.05, 4.69) is 15.8 Å². The van der Waals surface area contributed by atoms with Crippen LogP contribution in [0.25, 0.3) is 0 Å². The lowest BCUT2D eigenvalue weighted by molar-refractivity contribution is -0.385. The van der Waals surface area contributed by atoms with Crippen molar-refractivity contribution in [3.8, 4) is 5.75 Å². The number of nitrogens with zero attached hydrogens (tertiary/aromatic N) is 2. The number of carbonyl (C=O) groups is 2. The van der Waals surface area contributed by atoms with Gasteiger partial charge in [0.15, 0.2) is 6.61 Å². The van der Waals surface area contributed by atoms with Crippen molar-refractivity contribution in [2.75, 3.05) is 6.61 Å². The summed E-state index contributed by atoms with van der Waals surface area (Å²) in [5, 5.41) is 17.5. The van der Waals surface area contributed by atoms with E-state index in [1.807, 2.05) is 0 Å². The average molecular weight is 436 g/mol. The first-order valence-electron chi connectivity index (χ1n) is 9.53. The van der Waals surface area contributed by atoms with E-state index in [1.165, 1.54) is 37.6 Å². The topological polar surface area (TPSA) is 136 Å². The van der Waals surface area contributed by atoms with E-state index in [9.17, 15) is 19.7 Å². The third-order valence-electron chi connectivity index (χ3n) is 4.42. The second-order valence-electron chi connectivity index (χ2n) is 6.62. The normalized spacial score (nSPS) is 10.7. The molecule has 1 heterocycles. The van der Waals surface area contributed by atoms with E-state index in [0.29, 0.717) is 17.1 Å². The van der Waals surface area contributed by atoms with Gasteiger partial charge in [0.05, 0.1) is 29.5 Å². The van der Waals surface area contributed by atoms with Crippen molar-refractivity contribution in [3.63, 3.8) is 0 Å². The van der Waals surface area contributed by atoms with E-state index in [-0.39, 0.29) is 35.9 Å². The van der Waals surface area contributed by atoms with Gasteiger partial charge >= 0.3 is 0 Å². The lowest BCUT2D eigenvalue weighted by Gasteiger charge is -2.07. The first-order chi connectivity index (χ1) is 15.4. The van der Waals surface area contributed by atoms with Crippen LogP contribution >= 0.6 is 0 Å². The molecule has 10 nitrogen and oxygen atoms in total. The van der Waals surface area contributed by atoms with Gasteiger partial charge in [-0.25, -0.2) is 5.43 Å². The number of amides is 2. The molecule has 32 heavy (non-hydrogen) atoms. The van der Waals surface area contributed by atoms with Crippen LogP contribution in [0.3, 0.4) is 0 Å². The first kappa shape index (κ1) is 22.2. The maximum atomic E-state index is 12.3. The zero-order valence-corrected chi connectivity index (χ0v) is 17.1. The number of ether oxygens (including phenoxy) is 1. The molecular weight excluding hydrogens is 416 g/mol. The van der Waals surface area contributed by atoms with E-state index in [1.54, 1.807) is 36.4 Å². The summed E-state index contributed by atoms with van der Waals surface area (Å²) < 4.78 is 10.6. The molecule has 0 saturated heterocycles. The number of benzene rings is 2. The highest BCUT2D eigenvalue weighted by atomic mass is 16.6. The van der Waals surface area contributed by atoms with Gasteiger partial charge in [-0.1, -0.05) is 6.07 Å². The molecule has 0 bridgehead atoms. The maximum Gasteiger partial charge on any atom is 0.273 e. The van der Waals surface area contributed by atoms with E-state index >= 15 is 0 Å². The standard InChI is InChI=1S/C22H20N4O6/c1-15-19(5-2-6-20(15)26(29)30)22(28)25-24-12-16-7-9-17(10-8-16)32-14-21(27)23-13-18-4-3-11-31-18/h2-12H,13-14H2,1H3,(H,23,27)(H,25,28)/b24-12-. The molecule has 0 aliphatic carbocycles. The van der Waals surface area contributed by atoms with Crippen LogP contribution in [0, 0.1) is 17.0 Å². The molecule has 3 rings (SSSR count). The molecule has 2 amide bonds. The molecule has 164 valence electrons. The minimum absolute atomic E-state index is 0.133. The highest BCUT2D eigenvalue weighted by Gasteiger charge is 2.17. The van der Waals surface area contributed by atoms with Crippen molar-refractivity contribution in [1.82, 2.24) is 10.7 Å². The zero-order chi connectivity index (χ0) is 22.9. The van der Waals surface area contributed by atoms with Crippen LogP contribution in [-0.2, 0) is 11.3 Å². The van der Waals surface area contributed by atoms with Crippen molar-refractivity contribution >= 4 is 23.7 Å². The Morgan fingerprint density at radius 1 is 1.16 bits per heavy atom. The van der Waals surface area contributed by atoms with Gasteiger partial charge in [-0.3, -0.25) is 19.7 Å². The molecule has 10 heteroatoms. The van der Waals surface area contributed by atoms with Gasteiger partial charge in [-0.2, -0.15) is 5.10 Å². The van der Waals surface area contributed by atoms with E-state index in [4.69, 9.17) is 9.15 Å². The van der Waals surface area contributed by atoms with Crippen LogP contribution in [0.1, 0.15) is 27.2 Å². The minimum atomic E-state index is -0.553. The van der Waals surface area contributed by atoms with Crippen LogP contribution in [0.5, 0.6) is 5.75 Å². The Morgan fingerprint density at radius 3 is 2.62 bits per heavy atom. The molecule has 2 N–H and O–H groups in total.